The quantitative estimate of drug-likeness (QED) is 0.634. The summed E-state index contributed by atoms with van der Waals surface area (Å²) in [6.07, 6.45) is 7.56. The van der Waals surface area contributed by atoms with Crippen molar-refractivity contribution in [2.75, 3.05) is 0 Å². The van der Waals surface area contributed by atoms with Crippen molar-refractivity contribution in [1.29, 1.82) is 0 Å². The lowest BCUT2D eigenvalue weighted by Crippen LogP contribution is -2.66. The molecule has 4 fully saturated rings. The van der Waals surface area contributed by atoms with Crippen LogP contribution in [0, 0.1) is 28.6 Å². The van der Waals surface area contributed by atoms with Crippen molar-refractivity contribution in [3.05, 3.63) is 34.4 Å². The van der Waals surface area contributed by atoms with E-state index in [1.807, 2.05) is 6.07 Å². The van der Waals surface area contributed by atoms with Gasteiger partial charge in [-0.2, -0.15) is 0 Å². The van der Waals surface area contributed by atoms with E-state index in [2.05, 4.69) is 13.8 Å². The van der Waals surface area contributed by atoms with Crippen LogP contribution >= 0.6 is 0 Å². The first kappa shape index (κ1) is 24.5. The van der Waals surface area contributed by atoms with E-state index in [1.54, 1.807) is 0 Å². The number of aliphatic hydroxyl groups is 1. The normalized spacial score (nSPS) is 44.5. The SMILES string of the molecule is CC(=O)O[C@@H]1CC[C@]2(C)[C@H](CC[C@H]3[C@@H]2[C@H](OC(C)=O)C[C@@]2(C)[C@@H](c4ccc(=O)oc4)CC[C@]32O)C1. The van der Waals surface area contributed by atoms with E-state index in [1.165, 1.54) is 26.2 Å². The van der Waals surface area contributed by atoms with E-state index >= 15 is 0 Å². The van der Waals surface area contributed by atoms with Gasteiger partial charge in [-0.3, -0.25) is 9.59 Å². The van der Waals surface area contributed by atoms with Crippen LogP contribution in [0.3, 0.4) is 0 Å². The molecule has 0 radical (unpaired) electrons. The number of carbonyl (C=O) groups excluding carboxylic acids is 2. The number of carbonyl (C=O) groups is 2. The Bertz CT molecular complexity index is 1040. The first-order chi connectivity index (χ1) is 16.5. The van der Waals surface area contributed by atoms with Gasteiger partial charge in [-0.1, -0.05) is 13.8 Å². The average molecular weight is 487 g/mol. The Hall–Kier alpha value is -2.15. The lowest BCUT2D eigenvalue weighted by molar-refractivity contribution is -0.246. The van der Waals surface area contributed by atoms with E-state index in [9.17, 15) is 19.5 Å². The second-order valence-electron chi connectivity index (χ2n) is 12.1. The maximum Gasteiger partial charge on any atom is 0.335 e. The number of fused-ring (bicyclic) bond motifs is 5. The third-order valence-corrected chi connectivity index (χ3v) is 10.5. The fourth-order valence-electron chi connectivity index (χ4n) is 9.02. The third-order valence-electron chi connectivity index (χ3n) is 10.5. The van der Waals surface area contributed by atoms with E-state index in [0.29, 0.717) is 18.8 Å². The molecule has 0 aliphatic heterocycles. The van der Waals surface area contributed by atoms with Crippen LogP contribution in [0.25, 0.3) is 0 Å². The van der Waals surface area contributed by atoms with E-state index in [0.717, 1.165) is 44.1 Å². The molecule has 0 bridgehead atoms. The molecule has 7 nitrogen and oxygen atoms in total. The summed E-state index contributed by atoms with van der Waals surface area (Å²) in [5.41, 5.74) is -0.967. The standard InChI is InChI=1S/C28H38O7/c1-16(29)34-20-9-11-26(3)19(13-20)6-7-22-25(26)23(35-17(2)30)14-27(4)21(10-12-28(22,27)32)18-5-8-24(31)33-15-18/h5,8,15,19-23,25,32H,6-7,9-14H2,1-4H3/t19-,20-,21-,22+,23-,25-,26-,27+,28+/m1/s1. The summed E-state index contributed by atoms with van der Waals surface area (Å²) in [5, 5.41) is 12.5. The van der Waals surface area contributed by atoms with Crippen LogP contribution in [0.4, 0.5) is 0 Å². The maximum absolute atomic E-state index is 12.5. The van der Waals surface area contributed by atoms with Gasteiger partial charge in [-0.05, 0) is 86.2 Å². The first-order valence-electron chi connectivity index (χ1n) is 13.1. The fraction of sp³-hybridized carbons (Fsp3) is 0.750. The Balaban J connectivity index is 1.52. The molecule has 4 saturated carbocycles. The number of ether oxygens (including phenoxy) is 2. The van der Waals surface area contributed by atoms with Crippen molar-refractivity contribution < 1.29 is 28.6 Å². The monoisotopic (exact) mass is 486 g/mol. The van der Waals surface area contributed by atoms with Crippen molar-refractivity contribution in [3.63, 3.8) is 0 Å². The third kappa shape index (κ3) is 3.76. The lowest BCUT2D eigenvalue weighted by atomic mass is 9.42. The Labute approximate surface area is 206 Å². The van der Waals surface area contributed by atoms with Crippen LogP contribution in [0.2, 0.25) is 0 Å². The van der Waals surface area contributed by atoms with Crippen molar-refractivity contribution in [2.45, 2.75) is 103 Å². The zero-order valence-electron chi connectivity index (χ0n) is 21.2. The van der Waals surface area contributed by atoms with Gasteiger partial charge in [-0.15, -0.1) is 0 Å². The van der Waals surface area contributed by atoms with Crippen LogP contribution in [-0.2, 0) is 19.1 Å². The molecule has 7 heteroatoms. The summed E-state index contributed by atoms with van der Waals surface area (Å²) in [5.74, 6) is -0.0923. The minimum Gasteiger partial charge on any atom is -0.463 e. The Kier molecular flexibility index (Phi) is 5.93. The average Bonchev–Trinajstić information content (AvgIpc) is 3.05. The van der Waals surface area contributed by atoms with Gasteiger partial charge in [0.15, 0.2) is 0 Å². The highest BCUT2D eigenvalue weighted by atomic mass is 16.5. The highest BCUT2D eigenvalue weighted by Crippen LogP contribution is 2.71. The minimum absolute atomic E-state index is 0.0119. The van der Waals surface area contributed by atoms with E-state index < -0.39 is 11.0 Å². The maximum atomic E-state index is 12.5. The molecule has 1 heterocycles. The molecule has 1 N–H and O–H groups in total. The molecule has 1 aromatic heterocycles. The molecular formula is C28H38O7. The predicted molar refractivity (Wildman–Crippen MR) is 127 cm³/mol. The summed E-state index contributed by atoms with van der Waals surface area (Å²) < 4.78 is 16.9. The largest absolute Gasteiger partial charge is 0.463 e. The van der Waals surface area contributed by atoms with Crippen molar-refractivity contribution in [3.8, 4) is 0 Å². The van der Waals surface area contributed by atoms with Crippen LogP contribution in [0.1, 0.15) is 90.5 Å². The lowest BCUT2D eigenvalue weighted by Gasteiger charge is -2.65. The molecular weight excluding hydrogens is 448 g/mol. The summed E-state index contributed by atoms with van der Waals surface area (Å²) in [4.78, 5) is 35.5. The van der Waals surface area contributed by atoms with Crippen molar-refractivity contribution in [1.82, 2.24) is 0 Å². The van der Waals surface area contributed by atoms with E-state index in [4.69, 9.17) is 13.9 Å². The molecule has 35 heavy (non-hydrogen) atoms. The molecule has 0 saturated heterocycles. The zero-order chi connectivity index (χ0) is 25.2. The van der Waals surface area contributed by atoms with E-state index in [-0.39, 0.29) is 52.9 Å². The highest BCUT2D eigenvalue weighted by molar-refractivity contribution is 5.66. The van der Waals surface area contributed by atoms with Gasteiger partial charge in [0, 0.05) is 31.2 Å². The van der Waals surface area contributed by atoms with Crippen LogP contribution in [0.5, 0.6) is 0 Å². The molecule has 0 spiro atoms. The van der Waals surface area contributed by atoms with Gasteiger partial charge >= 0.3 is 17.6 Å². The Morgan fingerprint density at radius 1 is 1.03 bits per heavy atom. The Morgan fingerprint density at radius 3 is 2.43 bits per heavy atom. The fourth-order valence-corrected chi connectivity index (χ4v) is 9.02. The van der Waals surface area contributed by atoms with Gasteiger partial charge in [-0.25, -0.2) is 4.79 Å². The number of hydrogen-bond acceptors (Lipinski definition) is 7. The summed E-state index contributed by atoms with van der Waals surface area (Å²) in [6, 6.07) is 3.26. The second kappa shape index (κ2) is 8.46. The smallest absolute Gasteiger partial charge is 0.335 e. The summed E-state index contributed by atoms with van der Waals surface area (Å²) >= 11 is 0. The molecule has 4 aliphatic carbocycles. The van der Waals surface area contributed by atoms with Crippen molar-refractivity contribution >= 4 is 11.9 Å². The van der Waals surface area contributed by atoms with Gasteiger partial charge < -0.3 is 19.0 Å². The Morgan fingerprint density at radius 2 is 1.77 bits per heavy atom. The van der Waals surface area contributed by atoms with Gasteiger partial charge in [0.05, 0.1) is 11.9 Å². The number of rotatable bonds is 3. The molecule has 192 valence electrons. The van der Waals surface area contributed by atoms with Gasteiger partial charge in [0.2, 0.25) is 0 Å². The second-order valence-corrected chi connectivity index (χ2v) is 12.1. The molecule has 0 aromatic carbocycles. The van der Waals surface area contributed by atoms with Gasteiger partial charge in [0.25, 0.3) is 0 Å². The molecule has 0 amide bonds. The molecule has 0 unspecified atom stereocenters. The topological polar surface area (TPSA) is 103 Å². The number of esters is 2. The number of hydrogen-bond donors (Lipinski definition) is 1. The molecule has 9 atom stereocenters. The zero-order valence-corrected chi connectivity index (χ0v) is 21.2. The van der Waals surface area contributed by atoms with Crippen LogP contribution in [0.15, 0.2) is 27.6 Å². The summed E-state index contributed by atoms with van der Waals surface area (Å²) in [7, 11) is 0. The minimum atomic E-state index is -0.893. The predicted octanol–water partition coefficient (Wildman–Crippen LogP) is 4.35. The molecule has 1 aromatic rings. The highest BCUT2D eigenvalue weighted by Gasteiger charge is 2.70. The van der Waals surface area contributed by atoms with Crippen LogP contribution < -0.4 is 5.63 Å². The molecule has 5 rings (SSSR count). The first-order valence-corrected chi connectivity index (χ1v) is 13.1. The van der Waals surface area contributed by atoms with Crippen LogP contribution in [-0.4, -0.2) is 34.9 Å². The van der Waals surface area contributed by atoms with Gasteiger partial charge in [0.1, 0.15) is 12.2 Å². The summed E-state index contributed by atoms with van der Waals surface area (Å²) in [6.45, 7) is 7.37. The molecule has 4 aliphatic rings. The van der Waals surface area contributed by atoms with Crippen molar-refractivity contribution in [2.24, 2.45) is 28.6 Å².